The summed E-state index contributed by atoms with van der Waals surface area (Å²) >= 11 is 15.9. The molecule has 7 heteroatoms. The second kappa shape index (κ2) is 4.14. The molecule has 1 N–H and O–H groups in total. The van der Waals surface area contributed by atoms with Gasteiger partial charge in [0.25, 0.3) is 10.1 Å². The Morgan fingerprint density at radius 1 is 1.27 bits per heavy atom. The molecule has 0 saturated carbocycles. The molecule has 0 aromatic rings. The first kappa shape index (κ1) is 11.8. The Morgan fingerprint density at radius 3 is 2.00 bits per heavy atom. The summed E-state index contributed by atoms with van der Waals surface area (Å²) in [7, 11) is -3.92. The zero-order valence-electron chi connectivity index (χ0n) is 5.43. The van der Waals surface area contributed by atoms with Crippen LogP contribution in [0.4, 0.5) is 0 Å². The molecule has 0 aliphatic carbocycles. The van der Waals surface area contributed by atoms with Crippen LogP contribution >= 0.6 is 34.8 Å². The minimum absolute atomic E-state index is 0.109. The average molecular weight is 242 g/mol. The Kier molecular flexibility index (Phi) is 4.43. The van der Waals surface area contributed by atoms with Crippen LogP contribution < -0.4 is 0 Å². The van der Waals surface area contributed by atoms with Gasteiger partial charge in [-0.15, -0.1) is 0 Å². The normalized spacial score (nSPS) is 13.5. The lowest BCUT2D eigenvalue weighted by Gasteiger charge is -2.08. The molecule has 0 amide bonds. The van der Waals surface area contributed by atoms with E-state index in [9.17, 15) is 8.42 Å². The van der Waals surface area contributed by atoms with Crippen molar-refractivity contribution in [1.82, 2.24) is 0 Å². The lowest BCUT2D eigenvalue weighted by Crippen LogP contribution is -2.08. The predicted molar refractivity (Wildman–Crippen MR) is 45.9 cm³/mol. The highest BCUT2D eigenvalue weighted by Crippen LogP contribution is 2.31. The van der Waals surface area contributed by atoms with Gasteiger partial charge < -0.3 is 0 Å². The minimum atomic E-state index is -3.92. The van der Waals surface area contributed by atoms with Crippen LogP contribution in [0.2, 0.25) is 0 Å². The molecular weight excluding hydrogens is 234 g/mol. The molecule has 0 spiro atoms. The van der Waals surface area contributed by atoms with Gasteiger partial charge in [-0.2, -0.15) is 8.42 Å². The summed E-state index contributed by atoms with van der Waals surface area (Å²) in [5.74, 6) is -0.374. The fourth-order valence-corrected chi connectivity index (χ4v) is 1.37. The Bertz CT molecular complexity index is 205. The van der Waals surface area contributed by atoms with Crippen molar-refractivity contribution in [3.05, 3.63) is 0 Å². The van der Waals surface area contributed by atoms with Crippen LogP contribution in [0.15, 0.2) is 0 Å². The van der Waals surface area contributed by atoms with Crippen LogP contribution in [0, 0.1) is 0 Å². The molecule has 0 radical (unpaired) electrons. The SMILES string of the molecule is O=S(=O)(O)CCCC(Cl)(Cl)Cl. The highest BCUT2D eigenvalue weighted by molar-refractivity contribution is 7.85. The largest absolute Gasteiger partial charge is 0.286 e. The third kappa shape index (κ3) is 10.8. The molecule has 0 aliphatic rings. The van der Waals surface area contributed by atoms with Crippen molar-refractivity contribution in [2.24, 2.45) is 0 Å². The highest BCUT2D eigenvalue weighted by atomic mass is 35.6. The summed E-state index contributed by atoms with van der Waals surface area (Å²) in [6, 6.07) is 0. The molecule has 0 atom stereocenters. The first-order valence-electron chi connectivity index (χ1n) is 2.73. The van der Waals surface area contributed by atoms with Gasteiger partial charge in [0.05, 0.1) is 5.75 Å². The van der Waals surface area contributed by atoms with Crippen LogP contribution in [-0.4, -0.2) is 22.5 Å². The number of halogens is 3. The van der Waals surface area contributed by atoms with Crippen molar-refractivity contribution >= 4 is 44.9 Å². The zero-order chi connectivity index (χ0) is 9.12. The van der Waals surface area contributed by atoms with Crippen molar-refractivity contribution in [3.63, 3.8) is 0 Å². The third-order valence-electron chi connectivity index (χ3n) is 0.863. The fraction of sp³-hybridized carbons (Fsp3) is 1.00. The summed E-state index contributed by atoms with van der Waals surface area (Å²) in [5, 5.41) is 0. The average Bonchev–Trinajstić information content (AvgIpc) is 1.55. The third-order valence-corrected chi connectivity index (χ3v) is 2.23. The first-order chi connectivity index (χ1) is 4.71. The molecule has 3 nitrogen and oxygen atoms in total. The van der Waals surface area contributed by atoms with Crippen LogP contribution in [0.3, 0.4) is 0 Å². The Labute approximate surface area is 80.4 Å². The molecule has 0 aromatic heterocycles. The van der Waals surface area contributed by atoms with E-state index in [4.69, 9.17) is 39.4 Å². The van der Waals surface area contributed by atoms with E-state index in [0.29, 0.717) is 0 Å². The second-order valence-corrected chi connectivity index (χ2v) is 6.09. The summed E-state index contributed by atoms with van der Waals surface area (Å²) in [6.45, 7) is 0. The molecule has 0 aliphatic heterocycles. The molecule has 0 fully saturated rings. The number of alkyl halides is 3. The maximum Gasteiger partial charge on any atom is 0.264 e. The highest BCUT2D eigenvalue weighted by Gasteiger charge is 2.19. The van der Waals surface area contributed by atoms with Gasteiger partial charge in [-0.1, -0.05) is 34.8 Å². The van der Waals surface area contributed by atoms with Crippen molar-refractivity contribution in [3.8, 4) is 0 Å². The fourth-order valence-electron chi connectivity index (χ4n) is 0.455. The molecular formula is C4H7Cl3O3S. The molecule has 0 aromatic carbocycles. The van der Waals surface area contributed by atoms with Gasteiger partial charge in [-0.3, -0.25) is 4.55 Å². The van der Waals surface area contributed by atoms with Crippen molar-refractivity contribution < 1.29 is 13.0 Å². The molecule has 0 saturated heterocycles. The standard InChI is InChI=1S/C4H7Cl3O3S/c5-4(6,7)2-1-3-11(8,9)10/h1-3H2,(H,8,9,10). The van der Waals surface area contributed by atoms with E-state index in [0.717, 1.165) is 0 Å². The topological polar surface area (TPSA) is 54.4 Å². The smallest absolute Gasteiger partial charge is 0.264 e. The van der Waals surface area contributed by atoms with Gasteiger partial charge in [0.1, 0.15) is 0 Å². The van der Waals surface area contributed by atoms with Crippen molar-refractivity contribution in [2.45, 2.75) is 16.6 Å². The lowest BCUT2D eigenvalue weighted by molar-refractivity contribution is 0.480. The van der Waals surface area contributed by atoms with Crippen molar-refractivity contribution in [2.75, 3.05) is 5.75 Å². The van der Waals surface area contributed by atoms with E-state index in [-0.39, 0.29) is 18.6 Å². The molecule has 0 unspecified atom stereocenters. The first-order valence-corrected chi connectivity index (χ1v) is 5.47. The summed E-state index contributed by atoms with van der Waals surface area (Å²) in [6.07, 6.45) is 0.243. The number of rotatable bonds is 3. The van der Waals surface area contributed by atoms with E-state index in [1.165, 1.54) is 0 Å². The van der Waals surface area contributed by atoms with E-state index < -0.39 is 13.9 Å². The van der Waals surface area contributed by atoms with Crippen LogP contribution in [0.5, 0.6) is 0 Å². The van der Waals surface area contributed by atoms with Crippen LogP contribution in [0.25, 0.3) is 0 Å². The molecule has 11 heavy (non-hydrogen) atoms. The summed E-state index contributed by atoms with van der Waals surface area (Å²) < 4.78 is 27.1. The minimum Gasteiger partial charge on any atom is -0.286 e. The van der Waals surface area contributed by atoms with Crippen LogP contribution in [-0.2, 0) is 10.1 Å². The van der Waals surface area contributed by atoms with Gasteiger partial charge >= 0.3 is 0 Å². The van der Waals surface area contributed by atoms with E-state index in [1.54, 1.807) is 0 Å². The Hall–Kier alpha value is 0.780. The Morgan fingerprint density at radius 2 is 1.73 bits per heavy atom. The molecule has 0 bridgehead atoms. The van der Waals surface area contributed by atoms with Gasteiger partial charge in [-0.25, -0.2) is 0 Å². The summed E-state index contributed by atoms with van der Waals surface area (Å²) in [4.78, 5) is 0. The van der Waals surface area contributed by atoms with Crippen molar-refractivity contribution in [1.29, 1.82) is 0 Å². The maximum atomic E-state index is 10.1. The lowest BCUT2D eigenvalue weighted by atomic mass is 10.4. The van der Waals surface area contributed by atoms with Gasteiger partial charge in [0, 0.05) is 0 Å². The van der Waals surface area contributed by atoms with Gasteiger partial charge in [0.15, 0.2) is 3.79 Å². The zero-order valence-corrected chi connectivity index (χ0v) is 8.51. The van der Waals surface area contributed by atoms with E-state index >= 15 is 0 Å². The quantitative estimate of drug-likeness (QED) is 0.607. The van der Waals surface area contributed by atoms with Crippen LogP contribution in [0.1, 0.15) is 12.8 Å². The van der Waals surface area contributed by atoms with E-state index in [2.05, 4.69) is 0 Å². The molecule has 68 valence electrons. The van der Waals surface area contributed by atoms with Gasteiger partial charge in [-0.05, 0) is 12.8 Å². The summed E-state index contributed by atoms with van der Waals surface area (Å²) in [5.41, 5.74) is 0. The monoisotopic (exact) mass is 240 g/mol. The number of hydrogen-bond acceptors (Lipinski definition) is 2. The molecule has 0 rings (SSSR count). The predicted octanol–water partition coefficient (Wildman–Crippen LogP) is 2.02. The van der Waals surface area contributed by atoms with E-state index in [1.807, 2.05) is 0 Å². The maximum absolute atomic E-state index is 10.1. The Balaban J connectivity index is 3.61. The molecule has 0 heterocycles. The van der Waals surface area contributed by atoms with Gasteiger partial charge in [0.2, 0.25) is 0 Å². The number of hydrogen-bond donors (Lipinski definition) is 1. The second-order valence-electron chi connectivity index (χ2n) is 2.00.